The number of primary amides is 1. The molecule has 12 heavy (non-hydrogen) atoms. The molecule has 0 saturated carbocycles. The summed E-state index contributed by atoms with van der Waals surface area (Å²) in [4.78, 5) is 10.3. The van der Waals surface area contributed by atoms with Gasteiger partial charge < -0.3 is 16.2 Å². The van der Waals surface area contributed by atoms with Crippen molar-refractivity contribution in [2.24, 2.45) is 5.73 Å². The van der Waals surface area contributed by atoms with Crippen LogP contribution in [-0.2, 0) is 4.79 Å². The molecule has 0 aliphatic carbocycles. The number of rotatable bonds is 7. The number of carbonyl (C=O) groups excluding carboxylic acids is 1. The minimum absolute atomic E-state index is 0.245. The highest BCUT2D eigenvalue weighted by Gasteiger charge is 1.95. The van der Waals surface area contributed by atoms with E-state index in [0.29, 0.717) is 13.0 Å². The van der Waals surface area contributed by atoms with Crippen LogP contribution in [0.25, 0.3) is 0 Å². The zero-order valence-electron chi connectivity index (χ0n) is 7.55. The van der Waals surface area contributed by atoms with Gasteiger partial charge in [0, 0.05) is 13.0 Å². The Morgan fingerprint density at radius 3 is 2.75 bits per heavy atom. The molecule has 0 heterocycles. The highest BCUT2D eigenvalue weighted by atomic mass is 16.3. The van der Waals surface area contributed by atoms with Gasteiger partial charge in [-0.3, -0.25) is 4.79 Å². The van der Waals surface area contributed by atoms with Gasteiger partial charge in [-0.2, -0.15) is 0 Å². The maximum Gasteiger partial charge on any atom is 0.217 e. The average Bonchev–Trinajstić information content (AvgIpc) is 1.95. The van der Waals surface area contributed by atoms with Gasteiger partial charge in [0.25, 0.3) is 0 Å². The molecule has 1 atom stereocenters. The lowest BCUT2D eigenvalue weighted by atomic mass is 10.2. The van der Waals surface area contributed by atoms with Crippen LogP contribution in [-0.4, -0.2) is 30.2 Å². The van der Waals surface area contributed by atoms with Gasteiger partial charge in [0.05, 0.1) is 6.10 Å². The van der Waals surface area contributed by atoms with Crippen LogP contribution < -0.4 is 11.1 Å². The van der Waals surface area contributed by atoms with Crippen LogP contribution in [0.3, 0.4) is 0 Å². The minimum Gasteiger partial charge on any atom is -0.392 e. The number of nitrogens with one attached hydrogen (secondary N) is 1. The van der Waals surface area contributed by atoms with Crippen LogP contribution >= 0.6 is 0 Å². The smallest absolute Gasteiger partial charge is 0.217 e. The van der Waals surface area contributed by atoms with E-state index in [1.165, 1.54) is 0 Å². The van der Waals surface area contributed by atoms with Gasteiger partial charge in [0.2, 0.25) is 5.91 Å². The molecule has 0 radical (unpaired) electrons. The van der Waals surface area contributed by atoms with Gasteiger partial charge in [0.15, 0.2) is 0 Å². The molecular weight excluding hydrogens is 156 g/mol. The van der Waals surface area contributed by atoms with Gasteiger partial charge in [-0.15, -0.1) is 0 Å². The molecule has 0 saturated heterocycles. The maximum atomic E-state index is 10.3. The fraction of sp³-hybridized carbons (Fsp3) is 0.875. The first-order valence-electron chi connectivity index (χ1n) is 4.30. The molecule has 0 bridgehead atoms. The first-order valence-corrected chi connectivity index (χ1v) is 4.30. The maximum absolute atomic E-state index is 10.3. The molecule has 72 valence electrons. The number of hydrogen-bond acceptors (Lipinski definition) is 3. The van der Waals surface area contributed by atoms with Crippen molar-refractivity contribution in [3.8, 4) is 0 Å². The van der Waals surface area contributed by atoms with Crippen LogP contribution in [0.4, 0.5) is 0 Å². The molecule has 0 aromatic rings. The number of aliphatic hydroxyl groups excluding tert-OH is 1. The number of carbonyl (C=O) groups is 1. The van der Waals surface area contributed by atoms with Gasteiger partial charge in [-0.05, 0) is 26.3 Å². The highest BCUT2D eigenvalue weighted by Crippen LogP contribution is 1.92. The molecule has 4 N–H and O–H groups in total. The van der Waals surface area contributed by atoms with Gasteiger partial charge >= 0.3 is 0 Å². The second kappa shape index (κ2) is 7.06. The predicted molar refractivity (Wildman–Crippen MR) is 47.6 cm³/mol. The summed E-state index contributed by atoms with van der Waals surface area (Å²) in [7, 11) is 0. The highest BCUT2D eigenvalue weighted by molar-refractivity contribution is 5.73. The first kappa shape index (κ1) is 11.4. The molecule has 0 aliphatic rings. The zero-order chi connectivity index (χ0) is 9.40. The Morgan fingerprint density at radius 1 is 1.58 bits per heavy atom. The number of hydrogen-bond donors (Lipinski definition) is 3. The largest absolute Gasteiger partial charge is 0.392 e. The fourth-order valence-electron chi connectivity index (χ4n) is 0.860. The lowest BCUT2D eigenvalue weighted by Gasteiger charge is -2.05. The average molecular weight is 174 g/mol. The van der Waals surface area contributed by atoms with Crippen LogP contribution in [0.15, 0.2) is 0 Å². The second-order valence-electron chi connectivity index (χ2n) is 2.98. The third-order valence-corrected chi connectivity index (χ3v) is 1.47. The van der Waals surface area contributed by atoms with Gasteiger partial charge in [-0.1, -0.05) is 0 Å². The molecule has 1 unspecified atom stereocenters. The summed E-state index contributed by atoms with van der Waals surface area (Å²) in [5.41, 5.74) is 4.96. The Kier molecular flexibility index (Phi) is 6.70. The molecule has 1 amide bonds. The lowest BCUT2D eigenvalue weighted by Crippen LogP contribution is -2.25. The minimum atomic E-state index is -0.304. The van der Waals surface area contributed by atoms with E-state index in [0.717, 1.165) is 19.4 Å². The van der Waals surface area contributed by atoms with Gasteiger partial charge in [0.1, 0.15) is 0 Å². The van der Waals surface area contributed by atoms with Gasteiger partial charge in [-0.25, -0.2) is 0 Å². The van der Waals surface area contributed by atoms with E-state index in [4.69, 9.17) is 10.8 Å². The van der Waals surface area contributed by atoms with Crippen molar-refractivity contribution in [1.82, 2.24) is 5.32 Å². The summed E-state index contributed by atoms with van der Waals surface area (Å²) < 4.78 is 0. The molecule has 4 heteroatoms. The summed E-state index contributed by atoms with van der Waals surface area (Å²) in [6.45, 7) is 3.17. The van der Waals surface area contributed by atoms with Crippen LogP contribution in [0, 0.1) is 0 Å². The molecule has 0 spiro atoms. The standard InChI is InChI=1S/C8H18N2O2/c1-7(11)6-10-5-3-2-4-8(9)12/h7,10-11H,2-6H2,1H3,(H2,9,12). The van der Waals surface area contributed by atoms with E-state index < -0.39 is 0 Å². The number of unbranched alkanes of at least 4 members (excludes halogenated alkanes) is 1. The predicted octanol–water partition coefficient (Wildman–Crippen LogP) is -0.388. The van der Waals surface area contributed by atoms with Crippen molar-refractivity contribution in [2.45, 2.75) is 32.3 Å². The molecule has 0 fully saturated rings. The normalized spacial score (nSPS) is 12.8. The topological polar surface area (TPSA) is 75.3 Å². The molecular formula is C8H18N2O2. The van der Waals surface area contributed by atoms with Crippen molar-refractivity contribution in [2.75, 3.05) is 13.1 Å². The molecule has 0 aromatic heterocycles. The summed E-state index contributed by atoms with van der Waals surface area (Å²) >= 11 is 0. The monoisotopic (exact) mass is 174 g/mol. The molecule has 0 rings (SSSR count). The van der Waals surface area contributed by atoms with Crippen LogP contribution in [0.5, 0.6) is 0 Å². The van der Waals surface area contributed by atoms with E-state index in [2.05, 4.69) is 5.32 Å². The third-order valence-electron chi connectivity index (χ3n) is 1.47. The SMILES string of the molecule is CC(O)CNCCCCC(N)=O. The van der Waals surface area contributed by atoms with E-state index in [-0.39, 0.29) is 12.0 Å². The van der Waals surface area contributed by atoms with Crippen molar-refractivity contribution < 1.29 is 9.90 Å². The zero-order valence-corrected chi connectivity index (χ0v) is 7.55. The number of aliphatic hydroxyl groups is 1. The van der Waals surface area contributed by atoms with Crippen molar-refractivity contribution in [3.63, 3.8) is 0 Å². The first-order chi connectivity index (χ1) is 5.63. The Labute approximate surface area is 73.1 Å². The summed E-state index contributed by atoms with van der Waals surface area (Å²) in [5.74, 6) is -0.245. The van der Waals surface area contributed by atoms with E-state index in [1.807, 2.05) is 0 Å². The van der Waals surface area contributed by atoms with Crippen molar-refractivity contribution in [3.05, 3.63) is 0 Å². The van der Waals surface area contributed by atoms with Crippen LogP contribution in [0.1, 0.15) is 26.2 Å². The van der Waals surface area contributed by atoms with E-state index in [1.54, 1.807) is 6.92 Å². The summed E-state index contributed by atoms with van der Waals surface area (Å²) in [6.07, 6.45) is 1.90. The Bertz CT molecular complexity index is 126. The Balaban J connectivity index is 2.96. The molecule has 4 nitrogen and oxygen atoms in total. The number of nitrogens with two attached hydrogens (primary N) is 1. The second-order valence-corrected chi connectivity index (χ2v) is 2.98. The third kappa shape index (κ3) is 9.39. The Hall–Kier alpha value is -0.610. The quantitative estimate of drug-likeness (QED) is 0.460. The van der Waals surface area contributed by atoms with E-state index >= 15 is 0 Å². The lowest BCUT2D eigenvalue weighted by molar-refractivity contribution is -0.118. The van der Waals surface area contributed by atoms with Crippen LogP contribution in [0.2, 0.25) is 0 Å². The molecule has 0 aromatic carbocycles. The number of amides is 1. The van der Waals surface area contributed by atoms with Crippen molar-refractivity contribution >= 4 is 5.91 Å². The van der Waals surface area contributed by atoms with E-state index in [9.17, 15) is 4.79 Å². The Morgan fingerprint density at radius 2 is 2.25 bits per heavy atom. The summed E-state index contributed by atoms with van der Waals surface area (Å²) in [6, 6.07) is 0. The summed E-state index contributed by atoms with van der Waals surface area (Å²) in [5, 5.41) is 11.9. The molecule has 0 aliphatic heterocycles. The van der Waals surface area contributed by atoms with Crippen molar-refractivity contribution in [1.29, 1.82) is 0 Å². The fourth-order valence-corrected chi connectivity index (χ4v) is 0.860.